The molecule has 39 heavy (non-hydrogen) atoms. The molecule has 8 heteroatoms. The van der Waals surface area contributed by atoms with E-state index in [0.29, 0.717) is 20.6 Å². The molecule has 5 aromatic rings. The number of hydrogen-bond acceptors (Lipinski definition) is 5. The lowest BCUT2D eigenvalue weighted by molar-refractivity contribution is -0.139. The van der Waals surface area contributed by atoms with E-state index >= 15 is 0 Å². The molecular formula is C31H24FN3O3S. The van der Waals surface area contributed by atoms with Crippen LogP contribution >= 0.6 is 11.3 Å². The van der Waals surface area contributed by atoms with Crippen LogP contribution in [0.25, 0.3) is 28.2 Å². The number of H-pyrrole nitrogens is 1. The Balaban J connectivity index is 1.60. The minimum absolute atomic E-state index is 0.180. The number of fused-ring (bicyclic) bond motifs is 2. The quantitative estimate of drug-likeness (QED) is 0.318. The predicted molar refractivity (Wildman–Crippen MR) is 151 cm³/mol. The Bertz CT molecular complexity index is 1930. The summed E-state index contributed by atoms with van der Waals surface area (Å²) in [5.74, 6) is -0.956. The Hall–Kier alpha value is -4.56. The van der Waals surface area contributed by atoms with Crippen molar-refractivity contribution in [3.8, 4) is 11.3 Å². The SMILES string of the molecule is CCOC(=O)C1=C(C)N=c2s/c(=C\c3c(-c4ccccc4)[nH]c4ccccc34)c(=O)n2[C@H]1c1ccc(F)cc1. The number of carbonyl (C=O) groups is 1. The van der Waals surface area contributed by atoms with Crippen LogP contribution in [0.3, 0.4) is 0 Å². The molecule has 1 atom stereocenters. The molecule has 2 aromatic heterocycles. The van der Waals surface area contributed by atoms with Crippen LogP contribution in [0.5, 0.6) is 0 Å². The molecule has 0 saturated heterocycles. The van der Waals surface area contributed by atoms with Gasteiger partial charge < -0.3 is 9.72 Å². The van der Waals surface area contributed by atoms with E-state index in [1.807, 2.05) is 60.7 Å². The second-order valence-corrected chi connectivity index (χ2v) is 10.2. The summed E-state index contributed by atoms with van der Waals surface area (Å²) in [6.45, 7) is 3.63. The number of thiazole rings is 1. The lowest BCUT2D eigenvalue weighted by Gasteiger charge is -2.24. The molecule has 6 nitrogen and oxygen atoms in total. The van der Waals surface area contributed by atoms with Gasteiger partial charge in [-0.1, -0.05) is 72.0 Å². The number of esters is 1. The molecule has 3 heterocycles. The maximum absolute atomic E-state index is 14.0. The summed E-state index contributed by atoms with van der Waals surface area (Å²) in [6, 6.07) is 22.9. The van der Waals surface area contributed by atoms with Crippen molar-refractivity contribution in [1.29, 1.82) is 0 Å². The number of hydrogen-bond donors (Lipinski definition) is 1. The zero-order chi connectivity index (χ0) is 27.1. The molecule has 0 fully saturated rings. The van der Waals surface area contributed by atoms with Crippen molar-refractivity contribution in [2.24, 2.45) is 4.99 Å². The molecular weight excluding hydrogens is 513 g/mol. The third-order valence-corrected chi connectivity index (χ3v) is 7.77. The highest BCUT2D eigenvalue weighted by atomic mass is 32.1. The van der Waals surface area contributed by atoms with E-state index in [4.69, 9.17) is 4.74 Å². The van der Waals surface area contributed by atoms with E-state index in [1.54, 1.807) is 26.0 Å². The number of benzene rings is 3. The fraction of sp³-hybridized carbons (Fsp3) is 0.129. The largest absolute Gasteiger partial charge is 0.463 e. The normalized spacial score (nSPS) is 15.4. The molecule has 3 aromatic carbocycles. The van der Waals surface area contributed by atoms with Crippen molar-refractivity contribution in [1.82, 2.24) is 9.55 Å². The Morgan fingerprint density at radius 2 is 1.79 bits per heavy atom. The molecule has 0 amide bonds. The van der Waals surface area contributed by atoms with Gasteiger partial charge in [-0.15, -0.1) is 0 Å². The molecule has 0 radical (unpaired) electrons. The summed E-state index contributed by atoms with van der Waals surface area (Å²) in [5.41, 5.74) is 4.79. The van der Waals surface area contributed by atoms with Gasteiger partial charge in [0.05, 0.1) is 34.1 Å². The van der Waals surface area contributed by atoms with Crippen molar-refractivity contribution in [2.75, 3.05) is 6.61 Å². The van der Waals surface area contributed by atoms with Gasteiger partial charge in [0.15, 0.2) is 4.80 Å². The van der Waals surface area contributed by atoms with Gasteiger partial charge >= 0.3 is 5.97 Å². The number of para-hydroxylation sites is 1. The van der Waals surface area contributed by atoms with Gasteiger partial charge in [-0.05, 0) is 49.2 Å². The van der Waals surface area contributed by atoms with Gasteiger partial charge in [-0.3, -0.25) is 9.36 Å². The van der Waals surface area contributed by atoms with E-state index < -0.39 is 17.8 Å². The highest BCUT2D eigenvalue weighted by molar-refractivity contribution is 7.07. The Morgan fingerprint density at radius 3 is 2.54 bits per heavy atom. The Morgan fingerprint density at radius 1 is 1.08 bits per heavy atom. The number of ether oxygens (including phenoxy) is 1. The summed E-state index contributed by atoms with van der Waals surface area (Å²) in [4.78, 5) is 35.7. The van der Waals surface area contributed by atoms with Crippen LogP contribution in [0.2, 0.25) is 0 Å². The average Bonchev–Trinajstić information content (AvgIpc) is 3.46. The van der Waals surface area contributed by atoms with E-state index in [-0.39, 0.29) is 17.7 Å². The van der Waals surface area contributed by atoms with Crippen LogP contribution in [0.15, 0.2) is 99.9 Å². The fourth-order valence-corrected chi connectivity index (χ4v) is 6.06. The number of halogens is 1. The van der Waals surface area contributed by atoms with Gasteiger partial charge in [0.1, 0.15) is 5.82 Å². The lowest BCUT2D eigenvalue weighted by atomic mass is 9.96. The lowest BCUT2D eigenvalue weighted by Crippen LogP contribution is -2.39. The summed E-state index contributed by atoms with van der Waals surface area (Å²) < 4.78 is 21.1. The minimum atomic E-state index is -0.792. The summed E-state index contributed by atoms with van der Waals surface area (Å²) in [6.07, 6.45) is 1.89. The first-order valence-electron chi connectivity index (χ1n) is 12.6. The number of aromatic nitrogens is 2. The van der Waals surface area contributed by atoms with Crippen molar-refractivity contribution < 1.29 is 13.9 Å². The molecule has 0 spiro atoms. The predicted octanol–water partition coefficient (Wildman–Crippen LogP) is 5.09. The van der Waals surface area contributed by atoms with Crippen LogP contribution in [-0.2, 0) is 9.53 Å². The minimum Gasteiger partial charge on any atom is -0.463 e. The molecule has 1 N–H and O–H groups in total. The molecule has 1 aliphatic heterocycles. The summed E-state index contributed by atoms with van der Waals surface area (Å²) in [7, 11) is 0. The smallest absolute Gasteiger partial charge is 0.338 e. The molecule has 1 aliphatic rings. The third kappa shape index (κ3) is 4.32. The Kier molecular flexibility index (Phi) is 6.32. The van der Waals surface area contributed by atoms with Crippen LogP contribution < -0.4 is 14.9 Å². The van der Waals surface area contributed by atoms with E-state index in [9.17, 15) is 14.0 Å². The second kappa shape index (κ2) is 9.96. The van der Waals surface area contributed by atoms with Gasteiger partial charge in [-0.2, -0.15) is 0 Å². The Labute approximate surface area is 227 Å². The molecule has 194 valence electrons. The van der Waals surface area contributed by atoms with Crippen molar-refractivity contribution in [2.45, 2.75) is 19.9 Å². The number of nitrogens with zero attached hydrogens (tertiary/aromatic N) is 2. The van der Waals surface area contributed by atoms with Crippen LogP contribution in [0.1, 0.15) is 31.0 Å². The van der Waals surface area contributed by atoms with Crippen LogP contribution in [0, 0.1) is 5.82 Å². The topological polar surface area (TPSA) is 76.4 Å². The first kappa shape index (κ1) is 24.8. The van der Waals surface area contributed by atoms with Gasteiger partial charge in [0.2, 0.25) is 0 Å². The molecule has 0 aliphatic carbocycles. The maximum Gasteiger partial charge on any atom is 0.338 e. The monoisotopic (exact) mass is 537 g/mol. The van der Waals surface area contributed by atoms with Gasteiger partial charge in [0, 0.05) is 16.5 Å². The molecule has 0 unspecified atom stereocenters. The van der Waals surface area contributed by atoms with Crippen molar-refractivity contribution >= 4 is 34.3 Å². The second-order valence-electron chi connectivity index (χ2n) is 9.18. The van der Waals surface area contributed by atoms with Crippen molar-refractivity contribution in [3.05, 3.63) is 127 Å². The zero-order valence-electron chi connectivity index (χ0n) is 21.3. The van der Waals surface area contributed by atoms with E-state index in [1.165, 1.54) is 28.0 Å². The standard InChI is InChI=1S/C31H24FN3O3S/c1-3-38-30(37)26-18(2)33-31-35(28(26)20-13-15-21(32)16-14-20)29(36)25(39-31)17-23-22-11-7-8-12-24(22)34-27(23)19-9-5-4-6-10-19/h4-17,28,34H,3H2,1-2H3/b25-17-/t28-/m0/s1. The van der Waals surface area contributed by atoms with Crippen LogP contribution in [-0.4, -0.2) is 22.1 Å². The maximum atomic E-state index is 14.0. The number of nitrogens with one attached hydrogen (secondary N) is 1. The van der Waals surface area contributed by atoms with E-state index in [0.717, 1.165) is 27.7 Å². The molecule has 0 bridgehead atoms. The zero-order valence-corrected chi connectivity index (χ0v) is 22.1. The van der Waals surface area contributed by atoms with Crippen molar-refractivity contribution in [3.63, 3.8) is 0 Å². The summed E-state index contributed by atoms with van der Waals surface area (Å²) in [5, 5.41) is 0.987. The van der Waals surface area contributed by atoms with Gasteiger partial charge in [-0.25, -0.2) is 14.2 Å². The average molecular weight is 538 g/mol. The number of allylic oxidation sites excluding steroid dienone is 1. The van der Waals surface area contributed by atoms with Gasteiger partial charge in [0.25, 0.3) is 5.56 Å². The first-order chi connectivity index (χ1) is 19.0. The molecule has 0 saturated carbocycles. The highest BCUT2D eigenvalue weighted by Gasteiger charge is 2.33. The fourth-order valence-electron chi connectivity index (χ4n) is 5.03. The molecule has 6 rings (SSSR count). The highest BCUT2D eigenvalue weighted by Crippen LogP contribution is 2.32. The number of rotatable bonds is 5. The summed E-state index contributed by atoms with van der Waals surface area (Å²) >= 11 is 1.26. The third-order valence-electron chi connectivity index (χ3n) is 6.79. The van der Waals surface area contributed by atoms with Crippen LogP contribution in [0.4, 0.5) is 4.39 Å². The number of aromatic amines is 1. The van der Waals surface area contributed by atoms with E-state index in [2.05, 4.69) is 9.98 Å². The first-order valence-corrected chi connectivity index (χ1v) is 13.4. The number of carbonyl (C=O) groups excluding carboxylic acids is 1.